The molecule has 1 aromatic rings. The van der Waals surface area contributed by atoms with Gasteiger partial charge in [0.05, 0.1) is 5.02 Å². The molecule has 1 aliphatic rings. The molecule has 1 amide bonds. The van der Waals surface area contributed by atoms with Gasteiger partial charge in [0.2, 0.25) is 0 Å². The van der Waals surface area contributed by atoms with Crippen LogP contribution < -0.4 is 20.9 Å². The van der Waals surface area contributed by atoms with E-state index < -0.39 is 11.7 Å². The number of guanidine groups is 1. The number of amides is 1. The molecule has 3 N–H and O–H groups in total. The molecule has 0 spiro atoms. The first-order valence-corrected chi connectivity index (χ1v) is 9.46. The number of halogens is 2. The number of nitrogens with one attached hydrogen (secondary N) is 3. The average Bonchev–Trinajstić information content (AvgIpc) is 3.04. The monoisotopic (exact) mass is 524 g/mol. The molecule has 2 heterocycles. The van der Waals surface area contributed by atoms with E-state index in [9.17, 15) is 4.79 Å². The first kappa shape index (κ1) is 24.5. The zero-order valence-electron chi connectivity index (χ0n) is 16.8. The number of hydrogen-bond acceptors (Lipinski definition) is 5. The van der Waals surface area contributed by atoms with Crippen LogP contribution in [-0.4, -0.2) is 61.9 Å². The van der Waals surface area contributed by atoms with E-state index in [1.165, 1.54) is 0 Å². The number of alkyl carbamates (subject to hydrolysis) is 1. The lowest BCUT2D eigenvalue weighted by Gasteiger charge is -2.21. The molecule has 0 bridgehead atoms. The SMILES string of the molecule is CN=C(NCCNC(=O)OC(C)(C)C)NC1CCN(c2ncccc2Cl)C1.I. The lowest BCUT2D eigenvalue weighted by molar-refractivity contribution is 0.0529. The Morgan fingerprint density at radius 2 is 2.11 bits per heavy atom. The van der Waals surface area contributed by atoms with Crippen molar-refractivity contribution in [1.82, 2.24) is 20.9 Å². The summed E-state index contributed by atoms with van der Waals surface area (Å²) in [6.45, 7) is 8.16. The highest BCUT2D eigenvalue weighted by Gasteiger charge is 2.25. The van der Waals surface area contributed by atoms with Gasteiger partial charge in [-0.1, -0.05) is 11.6 Å². The largest absolute Gasteiger partial charge is 0.444 e. The summed E-state index contributed by atoms with van der Waals surface area (Å²) in [5.74, 6) is 1.51. The normalized spacial score (nSPS) is 17.0. The minimum absolute atomic E-state index is 0. The Bertz CT molecular complexity index is 668. The van der Waals surface area contributed by atoms with E-state index in [-0.39, 0.29) is 30.0 Å². The molecule has 0 radical (unpaired) electrons. The standard InChI is InChI=1S/C18H29ClN6O2.HI/c1-18(2,3)27-17(26)23-10-9-22-16(20-4)24-13-7-11-25(12-13)15-14(19)6-5-8-21-15;/h5-6,8,13H,7,9-12H2,1-4H3,(H,23,26)(H2,20,22,24);1H. The zero-order valence-corrected chi connectivity index (χ0v) is 19.9. The highest BCUT2D eigenvalue weighted by atomic mass is 127. The fourth-order valence-corrected chi connectivity index (χ4v) is 2.97. The van der Waals surface area contributed by atoms with Crippen molar-refractivity contribution in [1.29, 1.82) is 0 Å². The van der Waals surface area contributed by atoms with Crippen LogP contribution in [-0.2, 0) is 4.74 Å². The molecule has 10 heteroatoms. The van der Waals surface area contributed by atoms with E-state index in [1.54, 1.807) is 13.2 Å². The van der Waals surface area contributed by atoms with E-state index in [0.717, 1.165) is 25.3 Å². The third kappa shape index (κ3) is 8.26. The summed E-state index contributed by atoms with van der Waals surface area (Å²) in [4.78, 5) is 22.4. The summed E-state index contributed by atoms with van der Waals surface area (Å²) in [5.41, 5.74) is -0.500. The number of pyridine rings is 1. The molecule has 2 rings (SSSR count). The van der Waals surface area contributed by atoms with E-state index in [2.05, 4.69) is 30.8 Å². The van der Waals surface area contributed by atoms with Crippen molar-refractivity contribution in [3.63, 3.8) is 0 Å². The molecule has 1 atom stereocenters. The summed E-state index contributed by atoms with van der Waals surface area (Å²) >= 11 is 6.23. The van der Waals surface area contributed by atoms with Gasteiger partial charge in [0.1, 0.15) is 11.4 Å². The van der Waals surface area contributed by atoms with Gasteiger partial charge in [-0.25, -0.2) is 9.78 Å². The lowest BCUT2D eigenvalue weighted by Crippen LogP contribution is -2.46. The number of nitrogens with zero attached hydrogens (tertiary/aromatic N) is 3. The molecular formula is C18H30ClIN6O2. The maximum absolute atomic E-state index is 11.6. The predicted octanol–water partition coefficient (Wildman–Crippen LogP) is 2.62. The third-order valence-electron chi connectivity index (χ3n) is 3.88. The van der Waals surface area contributed by atoms with Gasteiger partial charge >= 0.3 is 6.09 Å². The number of carbonyl (C=O) groups excluding carboxylic acids is 1. The second-order valence-corrected chi connectivity index (χ2v) is 7.72. The van der Waals surface area contributed by atoms with Gasteiger partial charge < -0.3 is 25.6 Å². The molecular weight excluding hydrogens is 495 g/mol. The Labute approximate surface area is 188 Å². The van der Waals surface area contributed by atoms with Crippen LogP contribution in [0, 0.1) is 0 Å². The molecule has 1 fully saturated rings. The number of hydrogen-bond donors (Lipinski definition) is 3. The van der Waals surface area contributed by atoms with Crippen molar-refractivity contribution in [2.24, 2.45) is 4.99 Å². The van der Waals surface area contributed by atoms with Gasteiger partial charge in [-0.15, -0.1) is 24.0 Å². The van der Waals surface area contributed by atoms with Crippen LogP contribution in [0.3, 0.4) is 0 Å². The summed E-state index contributed by atoms with van der Waals surface area (Å²) < 4.78 is 5.20. The third-order valence-corrected chi connectivity index (χ3v) is 4.17. The first-order valence-electron chi connectivity index (χ1n) is 9.08. The van der Waals surface area contributed by atoms with Gasteiger partial charge in [0.15, 0.2) is 5.96 Å². The molecule has 28 heavy (non-hydrogen) atoms. The quantitative estimate of drug-likeness (QED) is 0.237. The van der Waals surface area contributed by atoms with Crippen LogP contribution in [0.4, 0.5) is 10.6 Å². The Hall–Kier alpha value is -1.49. The Morgan fingerprint density at radius 3 is 2.75 bits per heavy atom. The van der Waals surface area contributed by atoms with Crippen LogP contribution in [0.25, 0.3) is 0 Å². The lowest BCUT2D eigenvalue weighted by atomic mass is 10.2. The Kier molecular flexibility index (Phi) is 10.1. The second kappa shape index (κ2) is 11.5. The van der Waals surface area contributed by atoms with Gasteiger partial charge in [-0.05, 0) is 39.3 Å². The van der Waals surface area contributed by atoms with Crippen LogP contribution in [0.2, 0.25) is 5.02 Å². The number of aliphatic imine (C=N–C) groups is 1. The molecule has 1 aliphatic heterocycles. The highest BCUT2D eigenvalue weighted by Crippen LogP contribution is 2.25. The fourth-order valence-electron chi connectivity index (χ4n) is 2.73. The van der Waals surface area contributed by atoms with Crippen LogP contribution in [0.15, 0.2) is 23.3 Å². The van der Waals surface area contributed by atoms with E-state index >= 15 is 0 Å². The molecule has 0 aliphatic carbocycles. The number of aromatic nitrogens is 1. The van der Waals surface area contributed by atoms with Crippen molar-refractivity contribution in [3.05, 3.63) is 23.4 Å². The molecule has 0 aromatic carbocycles. The van der Waals surface area contributed by atoms with Crippen molar-refractivity contribution in [2.75, 3.05) is 38.1 Å². The Balaban J connectivity index is 0.00000392. The summed E-state index contributed by atoms with van der Waals surface area (Å²) in [7, 11) is 1.72. The second-order valence-electron chi connectivity index (χ2n) is 7.31. The molecule has 8 nitrogen and oxygen atoms in total. The van der Waals surface area contributed by atoms with Crippen molar-refractivity contribution in [3.8, 4) is 0 Å². The Morgan fingerprint density at radius 1 is 1.39 bits per heavy atom. The van der Waals surface area contributed by atoms with Crippen LogP contribution >= 0.6 is 35.6 Å². The zero-order chi connectivity index (χ0) is 19.9. The van der Waals surface area contributed by atoms with E-state index in [1.807, 2.05) is 32.9 Å². The molecule has 0 saturated carbocycles. The first-order chi connectivity index (χ1) is 12.8. The minimum Gasteiger partial charge on any atom is -0.444 e. The average molecular weight is 525 g/mol. The molecule has 1 saturated heterocycles. The topological polar surface area (TPSA) is 90.9 Å². The number of carbonyl (C=O) groups is 1. The van der Waals surface area contributed by atoms with Crippen molar-refractivity contribution >= 4 is 53.4 Å². The van der Waals surface area contributed by atoms with Crippen molar-refractivity contribution < 1.29 is 9.53 Å². The van der Waals surface area contributed by atoms with Gasteiger partial charge in [0.25, 0.3) is 0 Å². The summed E-state index contributed by atoms with van der Waals surface area (Å²) in [6, 6.07) is 3.92. The molecule has 1 aromatic heterocycles. The van der Waals surface area contributed by atoms with Crippen LogP contribution in [0.1, 0.15) is 27.2 Å². The predicted molar refractivity (Wildman–Crippen MR) is 124 cm³/mol. The highest BCUT2D eigenvalue weighted by molar-refractivity contribution is 14.0. The van der Waals surface area contributed by atoms with Gasteiger partial charge in [-0.3, -0.25) is 4.99 Å². The van der Waals surface area contributed by atoms with Gasteiger partial charge in [0, 0.05) is 45.5 Å². The van der Waals surface area contributed by atoms with E-state index in [0.29, 0.717) is 24.1 Å². The minimum atomic E-state index is -0.500. The maximum Gasteiger partial charge on any atom is 0.407 e. The summed E-state index contributed by atoms with van der Waals surface area (Å²) in [5, 5.41) is 9.95. The number of rotatable bonds is 5. The fraction of sp³-hybridized carbons (Fsp3) is 0.611. The van der Waals surface area contributed by atoms with Crippen molar-refractivity contribution in [2.45, 2.75) is 38.8 Å². The summed E-state index contributed by atoms with van der Waals surface area (Å²) in [6.07, 6.45) is 2.29. The molecule has 158 valence electrons. The van der Waals surface area contributed by atoms with Gasteiger partial charge in [-0.2, -0.15) is 0 Å². The number of anilines is 1. The smallest absolute Gasteiger partial charge is 0.407 e. The van der Waals surface area contributed by atoms with Crippen LogP contribution in [0.5, 0.6) is 0 Å². The molecule has 1 unspecified atom stereocenters. The maximum atomic E-state index is 11.6. The number of ether oxygens (including phenoxy) is 1. The van der Waals surface area contributed by atoms with E-state index in [4.69, 9.17) is 16.3 Å².